The molecular weight excluding hydrogens is 240 g/mol. The molecule has 0 N–H and O–H groups in total. The third-order valence-electron chi connectivity index (χ3n) is 3.98. The summed E-state index contributed by atoms with van der Waals surface area (Å²) in [6, 6.07) is 8.10. The van der Waals surface area contributed by atoms with E-state index >= 15 is 0 Å². The first-order valence-corrected chi connectivity index (χ1v) is 6.68. The highest BCUT2D eigenvalue weighted by atomic mass is 16.5. The Hall–Kier alpha value is -1.55. The fourth-order valence-corrected chi connectivity index (χ4v) is 2.49. The van der Waals surface area contributed by atoms with Gasteiger partial charge in [0.15, 0.2) is 0 Å². The van der Waals surface area contributed by atoms with Crippen molar-refractivity contribution >= 4 is 5.91 Å². The number of hydrogen-bond acceptors (Lipinski definition) is 3. The molecule has 1 aliphatic heterocycles. The van der Waals surface area contributed by atoms with Crippen LogP contribution in [0.5, 0.6) is 5.75 Å². The second-order valence-electron chi connectivity index (χ2n) is 5.30. The van der Waals surface area contributed by atoms with Gasteiger partial charge in [0, 0.05) is 30.7 Å². The van der Waals surface area contributed by atoms with E-state index in [1.54, 1.807) is 7.11 Å². The highest BCUT2D eigenvalue weighted by molar-refractivity contribution is 5.94. The van der Waals surface area contributed by atoms with E-state index in [1.165, 1.54) is 0 Å². The average Bonchev–Trinajstić information content (AvgIpc) is 2.43. The molecule has 1 heterocycles. The summed E-state index contributed by atoms with van der Waals surface area (Å²) in [4.78, 5) is 16.7. The summed E-state index contributed by atoms with van der Waals surface area (Å²) >= 11 is 0. The minimum atomic E-state index is 0.106. The molecule has 0 saturated carbocycles. The maximum Gasteiger partial charge on any atom is 0.253 e. The van der Waals surface area contributed by atoms with E-state index in [4.69, 9.17) is 4.74 Å². The van der Waals surface area contributed by atoms with Crippen LogP contribution in [0.3, 0.4) is 0 Å². The molecule has 104 valence electrons. The van der Waals surface area contributed by atoms with Gasteiger partial charge in [0.2, 0.25) is 0 Å². The molecule has 2 unspecified atom stereocenters. The van der Waals surface area contributed by atoms with Crippen molar-refractivity contribution in [3.8, 4) is 5.75 Å². The lowest BCUT2D eigenvalue weighted by Gasteiger charge is -2.42. The number of carbonyl (C=O) groups excluding carboxylic acids is 1. The lowest BCUT2D eigenvalue weighted by molar-refractivity contribution is 0.0414. The number of benzene rings is 1. The lowest BCUT2D eigenvalue weighted by Crippen LogP contribution is -2.56. The zero-order chi connectivity index (χ0) is 14.0. The molecule has 4 nitrogen and oxygen atoms in total. The number of ether oxygens (including phenoxy) is 1. The molecule has 4 heteroatoms. The van der Waals surface area contributed by atoms with E-state index in [0.29, 0.717) is 12.1 Å². The van der Waals surface area contributed by atoms with Crippen molar-refractivity contribution in [1.29, 1.82) is 0 Å². The molecule has 1 aromatic rings. The molecule has 0 spiro atoms. The molecule has 19 heavy (non-hydrogen) atoms. The molecule has 1 aliphatic rings. The number of likely N-dealkylation sites (N-methyl/N-ethyl adjacent to an activating group) is 1. The Labute approximate surface area is 115 Å². The fourth-order valence-electron chi connectivity index (χ4n) is 2.49. The molecule has 1 aromatic carbocycles. The Kier molecular flexibility index (Phi) is 4.10. The molecule has 0 radical (unpaired) electrons. The number of amides is 1. The summed E-state index contributed by atoms with van der Waals surface area (Å²) in [6.07, 6.45) is 0. The summed E-state index contributed by atoms with van der Waals surface area (Å²) in [5.41, 5.74) is 0.727. The highest BCUT2D eigenvalue weighted by Gasteiger charge is 2.29. The molecule has 1 fully saturated rings. The van der Waals surface area contributed by atoms with Gasteiger partial charge >= 0.3 is 0 Å². The van der Waals surface area contributed by atoms with Crippen LogP contribution in [-0.2, 0) is 0 Å². The quantitative estimate of drug-likeness (QED) is 0.815. The van der Waals surface area contributed by atoms with Crippen LogP contribution in [0.1, 0.15) is 24.2 Å². The fraction of sp³-hybridized carbons (Fsp3) is 0.533. The van der Waals surface area contributed by atoms with Crippen molar-refractivity contribution in [2.45, 2.75) is 25.9 Å². The van der Waals surface area contributed by atoms with Gasteiger partial charge in [-0.25, -0.2) is 0 Å². The number of rotatable bonds is 2. The van der Waals surface area contributed by atoms with Crippen molar-refractivity contribution < 1.29 is 9.53 Å². The number of hydrogen-bond donors (Lipinski definition) is 0. The SMILES string of the molecule is COc1ccc(C(=O)N2CC(C)N(C)C(C)C2)cc1. The first kappa shape index (κ1) is 13.9. The highest BCUT2D eigenvalue weighted by Crippen LogP contribution is 2.18. The summed E-state index contributed by atoms with van der Waals surface area (Å²) in [5, 5.41) is 0. The minimum absolute atomic E-state index is 0.106. The number of methoxy groups -OCH3 is 1. The lowest BCUT2D eigenvalue weighted by atomic mass is 10.1. The zero-order valence-corrected chi connectivity index (χ0v) is 12.1. The molecule has 1 saturated heterocycles. The standard InChI is InChI=1S/C15H22N2O2/c1-11-9-17(10-12(2)16(11)3)15(18)13-5-7-14(19-4)8-6-13/h5-8,11-12H,9-10H2,1-4H3. The van der Waals surface area contributed by atoms with E-state index in [1.807, 2.05) is 29.2 Å². The normalized spacial score (nSPS) is 24.3. The van der Waals surface area contributed by atoms with Crippen LogP contribution in [0.15, 0.2) is 24.3 Å². The van der Waals surface area contributed by atoms with Crippen LogP contribution in [0.2, 0.25) is 0 Å². The van der Waals surface area contributed by atoms with Gasteiger partial charge in [-0.3, -0.25) is 9.69 Å². The topological polar surface area (TPSA) is 32.8 Å². The Bertz CT molecular complexity index is 432. The van der Waals surface area contributed by atoms with E-state index in [2.05, 4.69) is 25.8 Å². The molecule has 2 atom stereocenters. The Morgan fingerprint density at radius 1 is 1.16 bits per heavy atom. The van der Waals surface area contributed by atoms with Gasteiger partial charge in [0.1, 0.15) is 5.75 Å². The van der Waals surface area contributed by atoms with Crippen molar-refractivity contribution in [3.63, 3.8) is 0 Å². The van der Waals surface area contributed by atoms with Gasteiger partial charge in [-0.1, -0.05) is 0 Å². The second-order valence-corrected chi connectivity index (χ2v) is 5.30. The van der Waals surface area contributed by atoms with Crippen molar-refractivity contribution in [2.24, 2.45) is 0 Å². The van der Waals surface area contributed by atoms with Crippen molar-refractivity contribution in [1.82, 2.24) is 9.80 Å². The summed E-state index contributed by atoms with van der Waals surface area (Å²) in [6.45, 7) is 5.88. The number of piperazine rings is 1. The predicted octanol–water partition coefficient (Wildman–Crippen LogP) is 1.86. The van der Waals surface area contributed by atoms with Crippen LogP contribution >= 0.6 is 0 Å². The van der Waals surface area contributed by atoms with Gasteiger partial charge in [-0.05, 0) is 45.2 Å². The maximum atomic E-state index is 12.5. The summed E-state index contributed by atoms with van der Waals surface area (Å²) in [7, 11) is 3.74. The van der Waals surface area contributed by atoms with Gasteiger partial charge < -0.3 is 9.64 Å². The Morgan fingerprint density at radius 3 is 2.16 bits per heavy atom. The van der Waals surface area contributed by atoms with E-state index < -0.39 is 0 Å². The first-order valence-electron chi connectivity index (χ1n) is 6.68. The van der Waals surface area contributed by atoms with Gasteiger partial charge in [0.25, 0.3) is 5.91 Å². The van der Waals surface area contributed by atoms with E-state index in [-0.39, 0.29) is 5.91 Å². The Balaban J connectivity index is 2.10. The smallest absolute Gasteiger partial charge is 0.253 e. The van der Waals surface area contributed by atoms with Crippen LogP contribution in [0, 0.1) is 0 Å². The van der Waals surface area contributed by atoms with Crippen molar-refractivity contribution in [2.75, 3.05) is 27.2 Å². The van der Waals surface area contributed by atoms with Gasteiger partial charge in [-0.2, -0.15) is 0 Å². The minimum Gasteiger partial charge on any atom is -0.497 e. The molecule has 0 bridgehead atoms. The van der Waals surface area contributed by atoms with Crippen LogP contribution in [0.4, 0.5) is 0 Å². The molecule has 2 rings (SSSR count). The predicted molar refractivity (Wildman–Crippen MR) is 75.6 cm³/mol. The maximum absolute atomic E-state index is 12.5. The van der Waals surface area contributed by atoms with Crippen LogP contribution in [-0.4, -0.2) is 55.0 Å². The summed E-state index contributed by atoms with van der Waals surface area (Å²) < 4.78 is 5.11. The van der Waals surface area contributed by atoms with Crippen molar-refractivity contribution in [3.05, 3.63) is 29.8 Å². The van der Waals surface area contributed by atoms with Crippen LogP contribution < -0.4 is 4.74 Å². The average molecular weight is 262 g/mol. The van der Waals surface area contributed by atoms with Gasteiger partial charge in [-0.15, -0.1) is 0 Å². The first-order chi connectivity index (χ1) is 9.02. The number of nitrogens with zero attached hydrogens (tertiary/aromatic N) is 2. The second kappa shape index (κ2) is 5.61. The molecular formula is C15H22N2O2. The largest absolute Gasteiger partial charge is 0.497 e. The molecule has 1 amide bonds. The molecule has 0 aliphatic carbocycles. The Morgan fingerprint density at radius 2 is 1.68 bits per heavy atom. The summed E-state index contributed by atoms with van der Waals surface area (Å²) in [5.74, 6) is 0.881. The van der Waals surface area contributed by atoms with Crippen LogP contribution in [0.25, 0.3) is 0 Å². The number of carbonyl (C=O) groups is 1. The molecule has 0 aromatic heterocycles. The van der Waals surface area contributed by atoms with E-state index in [9.17, 15) is 4.79 Å². The third-order valence-corrected chi connectivity index (χ3v) is 3.98. The third kappa shape index (κ3) is 2.89. The van der Waals surface area contributed by atoms with Gasteiger partial charge in [0.05, 0.1) is 7.11 Å². The monoisotopic (exact) mass is 262 g/mol. The van der Waals surface area contributed by atoms with E-state index in [0.717, 1.165) is 24.4 Å². The zero-order valence-electron chi connectivity index (χ0n) is 12.1.